The summed E-state index contributed by atoms with van der Waals surface area (Å²) in [7, 11) is 3.95. The second kappa shape index (κ2) is 5.57. The quantitative estimate of drug-likeness (QED) is 0.796. The van der Waals surface area contributed by atoms with Gasteiger partial charge in [0.1, 0.15) is 0 Å². The predicted octanol–water partition coefficient (Wildman–Crippen LogP) is 4.05. The van der Waals surface area contributed by atoms with E-state index >= 15 is 0 Å². The number of carbonyl (C=O) groups is 1. The largest absolute Gasteiger partial charge is 0.378 e. The first-order chi connectivity index (χ1) is 8.99. The van der Waals surface area contributed by atoms with E-state index in [0.717, 1.165) is 15.7 Å². The van der Waals surface area contributed by atoms with E-state index in [4.69, 9.17) is 0 Å². The van der Waals surface area contributed by atoms with Crippen LogP contribution in [0.25, 0.3) is 0 Å². The number of benzene rings is 2. The third-order valence-electron chi connectivity index (χ3n) is 3.03. The van der Waals surface area contributed by atoms with Gasteiger partial charge in [-0.3, -0.25) is 4.79 Å². The van der Waals surface area contributed by atoms with Crippen molar-refractivity contribution in [3.8, 4) is 0 Å². The number of halogens is 1. The lowest BCUT2D eigenvalue weighted by molar-refractivity contribution is 0.103. The van der Waals surface area contributed by atoms with Gasteiger partial charge in [0, 0.05) is 35.4 Å². The Hall–Kier alpha value is -1.61. The van der Waals surface area contributed by atoms with Gasteiger partial charge in [-0.25, -0.2) is 0 Å². The minimum atomic E-state index is 0.0391. The zero-order chi connectivity index (χ0) is 14.0. The number of rotatable bonds is 3. The van der Waals surface area contributed by atoms with Crippen LogP contribution < -0.4 is 4.90 Å². The van der Waals surface area contributed by atoms with Crippen LogP contribution in [0.1, 0.15) is 21.5 Å². The van der Waals surface area contributed by atoms with Crippen LogP contribution in [0.15, 0.2) is 46.9 Å². The monoisotopic (exact) mass is 317 g/mol. The van der Waals surface area contributed by atoms with Crippen LogP contribution in [0.3, 0.4) is 0 Å². The molecule has 0 saturated heterocycles. The maximum Gasteiger partial charge on any atom is 0.194 e. The molecule has 0 amide bonds. The predicted molar refractivity (Wildman–Crippen MR) is 83.1 cm³/mol. The number of anilines is 1. The van der Waals surface area contributed by atoms with Crippen molar-refractivity contribution in [2.45, 2.75) is 6.92 Å². The molecule has 19 heavy (non-hydrogen) atoms. The first kappa shape index (κ1) is 13.8. The molecule has 0 atom stereocenters. The van der Waals surface area contributed by atoms with E-state index in [1.165, 1.54) is 0 Å². The lowest BCUT2D eigenvalue weighted by Gasteiger charge is -2.14. The van der Waals surface area contributed by atoms with Gasteiger partial charge in [0.2, 0.25) is 0 Å². The third kappa shape index (κ3) is 3.04. The summed E-state index contributed by atoms with van der Waals surface area (Å²) in [6.45, 7) is 2.01. The minimum Gasteiger partial charge on any atom is -0.378 e. The molecule has 0 bridgehead atoms. The summed E-state index contributed by atoms with van der Waals surface area (Å²) in [4.78, 5) is 14.4. The third-order valence-corrected chi connectivity index (χ3v) is 3.68. The summed E-state index contributed by atoms with van der Waals surface area (Å²) in [5, 5.41) is 0. The fraction of sp³-hybridized carbons (Fsp3) is 0.188. The standard InChI is InChI=1S/C16H16BrNO/c1-11-4-6-12(7-5-11)16(19)14-9-8-13(18(2)3)10-15(14)17/h4-10H,1-3H3. The van der Waals surface area contributed by atoms with Crippen LogP contribution in [-0.2, 0) is 0 Å². The molecule has 0 aliphatic rings. The van der Waals surface area contributed by atoms with Crippen LogP contribution in [0.5, 0.6) is 0 Å². The van der Waals surface area contributed by atoms with Crippen LogP contribution >= 0.6 is 15.9 Å². The first-order valence-corrected chi connectivity index (χ1v) is 6.86. The summed E-state index contributed by atoms with van der Waals surface area (Å²) in [5.74, 6) is 0.0391. The first-order valence-electron chi connectivity index (χ1n) is 6.07. The van der Waals surface area contributed by atoms with Gasteiger partial charge in [0.15, 0.2) is 5.78 Å². The molecule has 0 N–H and O–H groups in total. The summed E-state index contributed by atoms with van der Waals surface area (Å²) < 4.78 is 0.823. The van der Waals surface area contributed by atoms with Crippen molar-refractivity contribution in [1.29, 1.82) is 0 Å². The van der Waals surface area contributed by atoms with E-state index in [9.17, 15) is 4.79 Å². The van der Waals surface area contributed by atoms with Crippen molar-refractivity contribution in [2.24, 2.45) is 0 Å². The zero-order valence-corrected chi connectivity index (χ0v) is 12.9. The highest BCUT2D eigenvalue weighted by Crippen LogP contribution is 2.25. The molecule has 2 nitrogen and oxygen atoms in total. The number of aryl methyl sites for hydroxylation is 1. The number of hydrogen-bond acceptors (Lipinski definition) is 2. The Labute approximate surface area is 122 Å². The molecule has 0 fully saturated rings. The smallest absolute Gasteiger partial charge is 0.194 e. The minimum absolute atomic E-state index is 0.0391. The van der Waals surface area contributed by atoms with E-state index in [2.05, 4.69) is 15.9 Å². The van der Waals surface area contributed by atoms with Gasteiger partial charge >= 0.3 is 0 Å². The average Bonchev–Trinajstić information content (AvgIpc) is 2.38. The fourth-order valence-corrected chi connectivity index (χ4v) is 2.37. The van der Waals surface area contributed by atoms with Gasteiger partial charge in [-0.05, 0) is 41.1 Å². The van der Waals surface area contributed by atoms with Gasteiger partial charge in [0.25, 0.3) is 0 Å². The molecule has 3 heteroatoms. The van der Waals surface area contributed by atoms with Crippen molar-refractivity contribution in [1.82, 2.24) is 0 Å². The van der Waals surface area contributed by atoms with Crippen molar-refractivity contribution in [3.05, 3.63) is 63.6 Å². The molecule has 0 radical (unpaired) electrons. The van der Waals surface area contributed by atoms with E-state index in [1.54, 1.807) is 0 Å². The maximum absolute atomic E-state index is 12.4. The second-order valence-corrected chi connectivity index (χ2v) is 5.61. The molecule has 0 heterocycles. The molecule has 0 aliphatic carbocycles. The van der Waals surface area contributed by atoms with Gasteiger partial charge in [-0.15, -0.1) is 0 Å². The van der Waals surface area contributed by atoms with Crippen molar-refractivity contribution < 1.29 is 4.79 Å². The summed E-state index contributed by atoms with van der Waals surface area (Å²) >= 11 is 3.48. The van der Waals surface area contributed by atoms with Gasteiger partial charge in [0.05, 0.1) is 0 Å². The van der Waals surface area contributed by atoms with Gasteiger partial charge in [-0.1, -0.05) is 29.8 Å². The number of hydrogen-bond donors (Lipinski definition) is 0. The molecular formula is C16H16BrNO. The molecule has 0 unspecified atom stereocenters. The molecular weight excluding hydrogens is 302 g/mol. The maximum atomic E-state index is 12.4. The lowest BCUT2D eigenvalue weighted by Crippen LogP contribution is -2.09. The number of carbonyl (C=O) groups excluding carboxylic acids is 1. The highest BCUT2D eigenvalue weighted by atomic mass is 79.9. The molecule has 0 spiro atoms. The van der Waals surface area contributed by atoms with Crippen molar-refractivity contribution in [2.75, 3.05) is 19.0 Å². The lowest BCUT2D eigenvalue weighted by atomic mass is 10.0. The normalized spacial score (nSPS) is 10.3. The van der Waals surface area contributed by atoms with E-state index in [-0.39, 0.29) is 5.78 Å². The Morgan fingerprint density at radius 3 is 2.21 bits per heavy atom. The highest BCUT2D eigenvalue weighted by molar-refractivity contribution is 9.10. The average molecular weight is 318 g/mol. The molecule has 98 valence electrons. The summed E-state index contributed by atoms with van der Waals surface area (Å²) in [5.41, 5.74) is 3.62. The van der Waals surface area contributed by atoms with E-state index < -0.39 is 0 Å². The molecule has 0 aliphatic heterocycles. The van der Waals surface area contributed by atoms with Crippen molar-refractivity contribution in [3.63, 3.8) is 0 Å². The molecule has 2 aromatic carbocycles. The topological polar surface area (TPSA) is 20.3 Å². The zero-order valence-electron chi connectivity index (χ0n) is 11.3. The molecule has 2 rings (SSSR count). The van der Waals surface area contributed by atoms with Crippen LogP contribution in [0, 0.1) is 6.92 Å². The van der Waals surface area contributed by atoms with Crippen LogP contribution in [0.2, 0.25) is 0 Å². The fourth-order valence-electron chi connectivity index (χ4n) is 1.83. The highest BCUT2D eigenvalue weighted by Gasteiger charge is 2.13. The van der Waals surface area contributed by atoms with Crippen molar-refractivity contribution >= 4 is 27.4 Å². The van der Waals surface area contributed by atoms with Crippen LogP contribution in [-0.4, -0.2) is 19.9 Å². The summed E-state index contributed by atoms with van der Waals surface area (Å²) in [6, 6.07) is 13.4. The number of ketones is 1. The molecule has 2 aromatic rings. The van der Waals surface area contributed by atoms with E-state index in [0.29, 0.717) is 11.1 Å². The molecule has 0 aromatic heterocycles. The van der Waals surface area contributed by atoms with E-state index in [1.807, 2.05) is 68.4 Å². The Morgan fingerprint density at radius 1 is 1.05 bits per heavy atom. The van der Waals surface area contributed by atoms with Crippen LogP contribution in [0.4, 0.5) is 5.69 Å². The SMILES string of the molecule is Cc1ccc(C(=O)c2ccc(N(C)C)cc2Br)cc1. The molecule has 0 saturated carbocycles. The Morgan fingerprint density at radius 2 is 1.68 bits per heavy atom. The Kier molecular flexibility index (Phi) is 4.05. The second-order valence-electron chi connectivity index (χ2n) is 4.75. The van der Waals surface area contributed by atoms with Gasteiger partial charge in [-0.2, -0.15) is 0 Å². The number of nitrogens with zero attached hydrogens (tertiary/aromatic N) is 1. The van der Waals surface area contributed by atoms with Gasteiger partial charge < -0.3 is 4.90 Å². The summed E-state index contributed by atoms with van der Waals surface area (Å²) in [6.07, 6.45) is 0. The Balaban J connectivity index is 2.36. The Bertz CT molecular complexity index is 603.